The third-order valence-electron chi connectivity index (χ3n) is 0.980. The largest absolute Gasteiger partial charge is 0.613 e. The fourth-order valence-electron chi connectivity index (χ4n) is 0.368. The number of hydroxylamine groups is 1. The van der Waals surface area contributed by atoms with Gasteiger partial charge in [-0.25, -0.2) is 0 Å². The molecule has 1 atom stereocenters. The van der Waals surface area contributed by atoms with Crippen molar-refractivity contribution in [2.75, 3.05) is 0 Å². The molecule has 0 aromatic rings. The van der Waals surface area contributed by atoms with Gasteiger partial charge in [0.2, 0.25) is 0 Å². The summed E-state index contributed by atoms with van der Waals surface area (Å²) in [7, 11) is 0. The quantitative estimate of drug-likeness (QED) is 0.300. The summed E-state index contributed by atoms with van der Waals surface area (Å²) in [6.45, 7) is 0. The van der Waals surface area contributed by atoms with E-state index in [1.165, 1.54) is 0 Å². The molecule has 1 rings (SSSR count). The van der Waals surface area contributed by atoms with Gasteiger partial charge in [0.25, 0.3) is 0 Å². The smallest absolute Gasteiger partial charge is 0.105 e. The molecule has 36 valence electrons. The third-order valence-corrected chi connectivity index (χ3v) is 0.980. The molecule has 1 aliphatic carbocycles. The molecule has 1 unspecified atom stereocenters. The zero-order chi connectivity index (χ0) is 4.57. The molecule has 0 aliphatic heterocycles. The van der Waals surface area contributed by atoms with Crippen LogP contribution < -0.4 is 11.0 Å². The van der Waals surface area contributed by atoms with Gasteiger partial charge in [0.15, 0.2) is 0 Å². The normalized spacial score (nSPS) is 27.0. The fourth-order valence-corrected chi connectivity index (χ4v) is 0.368. The van der Waals surface area contributed by atoms with Gasteiger partial charge in [-0.05, 0) is 0 Å². The van der Waals surface area contributed by atoms with Gasteiger partial charge < -0.3 is 5.21 Å². The molecule has 1 saturated carbocycles. The lowest BCUT2D eigenvalue weighted by molar-refractivity contribution is -0.872. The number of nitrogens with one attached hydrogen (secondary N) is 1. The first kappa shape index (κ1) is 4.05. The SMILES string of the molecule is N[NH+]([O-])C1CC1. The van der Waals surface area contributed by atoms with Crippen LogP contribution in [0, 0.1) is 5.21 Å². The minimum atomic E-state index is -0.130. The van der Waals surface area contributed by atoms with Crippen LogP contribution in [-0.2, 0) is 0 Å². The predicted octanol–water partition coefficient (Wildman–Crippen LogP) is -1.59. The molecule has 0 aromatic carbocycles. The number of hydrogen-bond donors (Lipinski definition) is 2. The van der Waals surface area contributed by atoms with E-state index >= 15 is 0 Å². The van der Waals surface area contributed by atoms with Crippen molar-refractivity contribution >= 4 is 0 Å². The third kappa shape index (κ3) is 0.680. The first-order valence-electron chi connectivity index (χ1n) is 2.10. The Morgan fingerprint density at radius 3 is 2.17 bits per heavy atom. The number of hydrogen-bond acceptors (Lipinski definition) is 2. The lowest BCUT2D eigenvalue weighted by atomic mass is 10.8. The zero-order valence-electron chi connectivity index (χ0n) is 3.48. The average molecular weight is 88.1 g/mol. The summed E-state index contributed by atoms with van der Waals surface area (Å²) in [6.07, 6.45) is 2.05. The van der Waals surface area contributed by atoms with Crippen molar-refractivity contribution in [1.82, 2.24) is 0 Å². The van der Waals surface area contributed by atoms with Crippen LogP contribution in [0.3, 0.4) is 0 Å². The Morgan fingerprint density at radius 2 is 2.17 bits per heavy atom. The summed E-state index contributed by atoms with van der Waals surface area (Å²) in [5.74, 6) is 4.86. The molecule has 3 N–H and O–H groups in total. The molecule has 0 aromatic heterocycles. The Hall–Kier alpha value is -0.120. The molecule has 0 heterocycles. The molecular weight excluding hydrogens is 80.0 g/mol. The van der Waals surface area contributed by atoms with Crippen LogP contribution in [0.2, 0.25) is 0 Å². The lowest BCUT2D eigenvalue weighted by Crippen LogP contribution is -3.14. The van der Waals surface area contributed by atoms with Crippen molar-refractivity contribution in [1.29, 1.82) is 0 Å². The monoisotopic (exact) mass is 88.1 g/mol. The second-order valence-corrected chi connectivity index (χ2v) is 1.68. The number of nitrogens with two attached hydrogens (primary N) is 1. The Bertz CT molecular complexity index is 50.8. The van der Waals surface area contributed by atoms with E-state index < -0.39 is 0 Å². The molecule has 0 amide bonds. The van der Waals surface area contributed by atoms with Gasteiger partial charge in [0, 0.05) is 12.8 Å². The number of quaternary nitrogens is 1. The van der Waals surface area contributed by atoms with Gasteiger partial charge in [-0.15, -0.1) is 0 Å². The van der Waals surface area contributed by atoms with E-state index in [4.69, 9.17) is 5.84 Å². The Labute approximate surface area is 36.3 Å². The van der Waals surface area contributed by atoms with Crippen LogP contribution in [0.4, 0.5) is 0 Å². The summed E-state index contributed by atoms with van der Waals surface area (Å²) in [5.41, 5.74) is 0. The molecule has 1 fully saturated rings. The van der Waals surface area contributed by atoms with E-state index in [0.29, 0.717) is 0 Å². The highest BCUT2D eigenvalue weighted by molar-refractivity contribution is 4.69. The van der Waals surface area contributed by atoms with Crippen molar-refractivity contribution in [3.63, 3.8) is 0 Å². The van der Waals surface area contributed by atoms with Gasteiger partial charge in [0.05, 0.1) is 0 Å². The second-order valence-electron chi connectivity index (χ2n) is 1.68. The van der Waals surface area contributed by atoms with E-state index in [1.807, 2.05) is 0 Å². The van der Waals surface area contributed by atoms with Gasteiger partial charge >= 0.3 is 0 Å². The summed E-state index contributed by atoms with van der Waals surface area (Å²) in [6, 6.07) is 0.241. The maximum Gasteiger partial charge on any atom is 0.105 e. The van der Waals surface area contributed by atoms with Gasteiger partial charge in [-0.1, -0.05) is 0 Å². The van der Waals surface area contributed by atoms with Gasteiger partial charge in [0.1, 0.15) is 6.04 Å². The van der Waals surface area contributed by atoms with Crippen LogP contribution >= 0.6 is 0 Å². The van der Waals surface area contributed by atoms with E-state index in [9.17, 15) is 5.21 Å². The summed E-state index contributed by atoms with van der Waals surface area (Å²) in [5, 5.41) is 9.85. The molecule has 1 aliphatic rings. The maximum absolute atomic E-state index is 9.98. The summed E-state index contributed by atoms with van der Waals surface area (Å²) >= 11 is 0. The topological polar surface area (TPSA) is 53.5 Å². The number of rotatable bonds is 1. The molecular formula is C3H8N2O. The van der Waals surface area contributed by atoms with Crippen LogP contribution in [-0.4, -0.2) is 6.04 Å². The molecule has 3 heteroatoms. The first-order chi connectivity index (χ1) is 2.80. The van der Waals surface area contributed by atoms with Gasteiger partial charge in [-0.3, -0.25) is 5.17 Å². The lowest BCUT2D eigenvalue weighted by Gasteiger charge is -2.11. The minimum absolute atomic E-state index is 0.130. The molecule has 0 spiro atoms. The zero-order valence-corrected chi connectivity index (χ0v) is 3.48. The van der Waals surface area contributed by atoms with Crippen LogP contribution in [0.25, 0.3) is 0 Å². The minimum Gasteiger partial charge on any atom is -0.613 e. The van der Waals surface area contributed by atoms with E-state index in [0.717, 1.165) is 12.8 Å². The van der Waals surface area contributed by atoms with E-state index in [1.54, 1.807) is 0 Å². The standard InChI is InChI=1S/C3H8N2O/c4-5(6)3-1-2-3/h3,5H,1-2,4H2. The molecule has 0 bridgehead atoms. The Morgan fingerprint density at radius 1 is 1.67 bits per heavy atom. The van der Waals surface area contributed by atoms with Crippen LogP contribution in [0.5, 0.6) is 0 Å². The van der Waals surface area contributed by atoms with Crippen molar-refractivity contribution < 1.29 is 5.17 Å². The highest BCUT2D eigenvalue weighted by Gasteiger charge is 2.26. The molecule has 6 heavy (non-hydrogen) atoms. The summed E-state index contributed by atoms with van der Waals surface area (Å²) < 4.78 is 0. The highest BCUT2D eigenvalue weighted by Crippen LogP contribution is 2.13. The van der Waals surface area contributed by atoms with E-state index in [-0.39, 0.29) is 11.2 Å². The summed E-state index contributed by atoms with van der Waals surface area (Å²) in [4.78, 5) is 0. The predicted molar refractivity (Wildman–Crippen MR) is 21.5 cm³/mol. The van der Waals surface area contributed by atoms with Crippen molar-refractivity contribution in [2.24, 2.45) is 5.84 Å². The Balaban J connectivity index is 2.13. The highest BCUT2D eigenvalue weighted by atomic mass is 16.5. The van der Waals surface area contributed by atoms with Gasteiger partial charge in [-0.2, -0.15) is 5.84 Å². The second kappa shape index (κ2) is 1.18. The maximum atomic E-state index is 9.98. The molecule has 0 radical (unpaired) electrons. The van der Waals surface area contributed by atoms with E-state index in [2.05, 4.69) is 0 Å². The Kier molecular flexibility index (Phi) is 0.799. The van der Waals surface area contributed by atoms with Crippen LogP contribution in [0.15, 0.2) is 0 Å². The molecule has 3 nitrogen and oxygen atoms in total. The first-order valence-corrected chi connectivity index (χ1v) is 2.10. The van der Waals surface area contributed by atoms with Crippen LogP contribution in [0.1, 0.15) is 12.8 Å². The van der Waals surface area contributed by atoms with Crippen molar-refractivity contribution in [3.8, 4) is 0 Å². The fraction of sp³-hybridized carbons (Fsp3) is 1.00. The van der Waals surface area contributed by atoms with Crippen molar-refractivity contribution in [2.45, 2.75) is 18.9 Å². The molecule has 0 saturated heterocycles. The average Bonchev–Trinajstić information content (AvgIpc) is 2.06. The van der Waals surface area contributed by atoms with Crippen molar-refractivity contribution in [3.05, 3.63) is 5.21 Å².